The van der Waals surface area contributed by atoms with Crippen LogP contribution in [0.5, 0.6) is 5.75 Å². The molecule has 2 aromatic rings. The molecule has 33 heavy (non-hydrogen) atoms. The van der Waals surface area contributed by atoms with Gasteiger partial charge in [0.2, 0.25) is 17.7 Å². The van der Waals surface area contributed by atoms with Gasteiger partial charge in [0.1, 0.15) is 23.9 Å². The Hall–Kier alpha value is -3.59. The van der Waals surface area contributed by atoms with Crippen molar-refractivity contribution < 1.29 is 29.0 Å². The monoisotopic (exact) mass is 473 g/mol. The molecule has 1 fully saturated rings. The van der Waals surface area contributed by atoms with Crippen molar-refractivity contribution in [2.24, 2.45) is 0 Å². The fourth-order valence-corrected chi connectivity index (χ4v) is 3.80. The SMILES string of the molecule is COc1ccc(C[C@H](NC(=O)C[C@@H]2NC(=O)[C@H](Cc3ccccc3)NC2=O)C(=O)O)cc1Cl. The Balaban J connectivity index is 1.57. The number of amides is 3. The Bertz CT molecular complexity index is 1050. The first-order chi connectivity index (χ1) is 15.8. The predicted octanol–water partition coefficient (Wildman–Crippen LogP) is 1.08. The van der Waals surface area contributed by atoms with Gasteiger partial charge < -0.3 is 25.8 Å². The summed E-state index contributed by atoms with van der Waals surface area (Å²) < 4.78 is 5.07. The molecule has 3 rings (SSSR count). The molecule has 0 spiro atoms. The Morgan fingerprint density at radius 3 is 2.36 bits per heavy atom. The third-order valence-corrected chi connectivity index (χ3v) is 5.52. The fourth-order valence-electron chi connectivity index (χ4n) is 3.52. The molecule has 0 bridgehead atoms. The average molecular weight is 474 g/mol. The lowest BCUT2D eigenvalue weighted by atomic mass is 10.0. The Labute approximate surface area is 195 Å². The molecule has 3 amide bonds. The van der Waals surface area contributed by atoms with Crippen LogP contribution in [0.15, 0.2) is 48.5 Å². The van der Waals surface area contributed by atoms with E-state index < -0.39 is 41.8 Å². The molecule has 3 atom stereocenters. The third kappa shape index (κ3) is 6.45. The predicted molar refractivity (Wildman–Crippen MR) is 120 cm³/mol. The number of methoxy groups -OCH3 is 1. The molecule has 1 aliphatic rings. The first kappa shape index (κ1) is 24.1. The van der Waals surface area contributed by atoms with Crippen LogP contribution in [0, 0.1) is 0 Å². The quantitative estimate of drug-likeness (QED) is 0.430. The fraction of sp³-hybridized carbons (Fsp3) is 0.304. The van der Waals surface area contributed by atoms with Crippen molar-refractivity contribution in [2.75, 3.05) is 7.11 Å². The number of hydrogen-bond donors (Lipinski definition) is 4. The summed E-state index contributed by atoms with van der Waals surface area (Å²) >= 11 is 6.08. The summed E-state index contributed by atoms with van der Waals surface area (Å²) in [7, 11) is 1.46. The van der Waals surface area contributed by atoms with E-state index in [1.807, 2.05) is 30.3 Å². The van der Waals surface area contributed by atoms with Gasteiger partial charge in [-0.15, -0.1) is 0 Å². The zero-order valence-electron chi connectivity index (χ0n) is 17.8. The second kappa shape index (κ2) is 10.8. The van der Waals surface area contributed by atoms with Crippen LogP contribution < -0.4 is 20.7 Å². The number of carbonyl (C=O) groups excluding carboxylic acids is 3. The van der Waals surface area contributed by atoms with Gasteiger partial charge in [-0.3, -0.25) is 14.4 Å². The van der Waals surface area contributed by atoms with Crippen LogP contribution in [-0.4, -0.2) is 54.0 Å². The Kier molecular flexibility index (Phi) is 7.89. The summed E-state index contributed by atoms with van der Waals surface area (Å²) in [5, 5.41) is 17.4. The van der Waals surface area contributed by atoms with Gasteiger partial charge in [-0.25, -0.2) is 4.79 Å². The smallest absolute Gasteiger partial charge is 0.326 e. The van der Waals surface area contributed by atoms with Gasteiger partial charge >= 0.3 is 5.97 Å². The summed E-state index contributed by atoms with van der Waals surface area (Å²) in [6.07, 6.45) is -0.0845. The number of hydrogen-bond acceptors (Lipinski definition) is 5. The Morgan fingerprint density at radius 1 is 1.06 bits per heavy atom. The van der Waals surface area contributed by atoms with Crippen LogP contribution in [0.4, 0.5) is 0 Å². The number of carbonyl (C=O) groups is 4. The summed E-state index contributed by atoms with van der Waals surface area (Å²) in [4.78, 5) is 49.0. The van der Waals surface area contributed by atoms with E-state index in [-0.39, 0.29) is 12.8 Å². The minimum Gasteiger partial charge on any atom is -0.495 e. The molecule has 0 unspecified atom stereocenters. The molecular weight excluding hydrogens is 450 g/mol. The van der Waals surface area contributed by atoms with E-state index in [4.69, 9.17) is 16.3 Å². The maximum Gasteiger partial charge on any atom is 0.326 e. The molecule has 0 saturated carbocycles. The number of ether oxygens (including phenoxy) is 1. The maximum atomic E-state index is 12.5. The number of rotatable bonds is 9. The number of nitrogens with one attached hydrogen (secondary N) is 3. The molecule has 0 radical (unpaired) electrons. The molecule has 2 aromatic carbocycles. The van der Waals surface area contributed by atoms with Crippen molar-refractivity contribution >= 4 is 35.3 Å². The topological polar surface area (TPSA) is 134 Å². The van der Waals surface area contributed by atoms with Crippen molar-refractivity contribution in [3.05, 3.63) is 64.7 Å². The van der Waals surface area contributed by atoms with Crippen molar-refractivity contribution in [1.29, 1.82) is 0 Å². The van der Waals surface area contributed by atoms with Crippen molar-refractivity contribution in [3.63, 3.8) is 0 Å². The largest absolute Gasteiger partial charge is 0.495 e. The molecule has 10 heteroatoms. The summed E-state index contributed by atoms with van der Waals surface area (Å²) in [6, 6.07) is 11.0. The summed E-state index contributed by atoms with van der Waals surface area (Å²) in [5.41, 5.74) is 1.47. The highest BCUT2D eigenvalue weighted by Gasteiger charge is 2.35. The highest BCUT2D eigenvalue weighted by molar-refractivity contribution is 6.32. The van der Waals surface area contributed by atoms with E-state index in [2.05, 4.69) is 16.0 Å². The van der Waals surface area contributed by atoms with E-state index in [0.29, 0.717) is 22.8 Å². The highest BCUT2D eigenvalue weighted by atomic mass is 35.5. The molecule has 1 heterocycles. The molecular formula is C23H24ClN3O6. The number of carboxylic acid groups (broad SMARTS) is 1. The first-order valence-electron chi connectivity index (χ1n) is 10.3. The standard InChI is InChI=1S/C23H24ClN3O6/c1-33-19-8-7-14(9-15(19)24)11-18(23(31)32)25-20(28)12-17-22(30)26-16(21(29)27-17)10-13-5-3-2-4-6-13/h2-9,16-18H,10-12H2,1H3,(H,25,28)(H,26,30)(H,27,29)(H,31,32)/t16-,17-,18-/m0/s1. The number of halogens is 1. The van der Waals surface area contributed by atoms with E-state index in [0.717, 1.165) is 5.56 Å². The van der Waals surface area contributed by atoms with Gasteiger partial charge in [0.05, 0.1) is 18.6 Å². The maximum absolute atomic E-state index is 12.5. The number of benzene rings is 2. The van der Waals surface area contributed by atoms with Gasteiger partial charge in [-0.2, -0.15) is 0 Å². The molecule has 174 valence electrons. The number of aliphatic carboxylic acids is 1. The van der Waals surface area contributed by atoms with Crippen LogP contribution in [-0.2, 0) is 32.0 Å². The average Bonchev–Trinajstić information content (AvgIpc) is 2.77. The molecule has 1 saturated heterocycles. The van der Waals surface area contributed by atoms with E-state index in [1.54, 1.807) is 18.2 Å². The van der Waals surface area contributed by atoms with Crippen LogP contribution >= 0.6 is 11.6 Å². The van der Waals surface area contributed by atoms with Gasteiger partial charge in [0.25, 0.3) is 0 Å². The zero-order valence-corrected chi connectivity index (χ0v) is 18.6. The molecule has 0 aromatic heterocycles. The zero-order chi connectivity index (χ0) is 24.0. The van der Waals surface area contributed by atoms with Crippen molar-refractivity contribution in [1.82, 2.24) is 16.0 Å². The highest BCUT2D eigenvalue weighted by Crippen LogP contribution is 2.25. The molecule has 1 aliphatic heterocycles. The second-order valence-electron chi connectivity index (χ2n) is 7.65. The number of piperazine rings is 1. The summed E-state index contributed by atoms with van der Waals surface area (Å²) in [5.74, 6) is -2.38. The lowest BCUT2D eigenvalue weighted by Gasteiger charge is -2.29. The van der Waals surface area contributed by atoms with Crippen molar-refractivity contribution in [3.8, 4) is 5.75 Å². The molecule has 0 aliphatic carbocycles. The van der Waals surface area contributed by atoms with Crippen LogP contribution in [0.2, 0.25) is 5.02 Å². The lowest BCUT2D eigenvalue weighted by Crippen LogP contribution is -2.63. The van der Waals surface area contributed by atoms with E-state index >= 15 is 0 Å². The van der Waals surface area contributed by atoms with Crippen LogP contribution in [0.3, 0.4) is 0 Å². The van der Waals surface area contributed by atoms with Crippen LogP contribution in [0.25, 0.3) is 0 Å². The van der Waals surface area contributed by atoms with Crippen LogP contribution in [0.1, 0.15) is 17.5 Å². The lowest BCUT2D eigenvalue weighted by molar-refractivity contribution is -0.142. The van der Waals surface area contributed by atoms with E-state index in [9.17, 15) is 24.3 Å². The summed E-state index contributed by atoms with van der Waals surface area (Å²) in [6.45, 7) is 0. The van der Waals surface area contributed by atoms with Gasteiger partial charge in [-0.05, 0) is 23.3 Å². The normalized spacial score (nSPS) is 18.6. The van der Waals surface area contributed by atoms with Gasteiger partial charge in [-0.1, -0.05) is 48.0 Å². The van der Waals surface area contributed by atoms with Gasteiger partial charge in [0, 0.05) is 12.8 Å². The second-order valence-corrected chi connectivity index (χ2v) is 8.05. The first-order valence-corrected chi connectivity index (χ1v) is 10.6. The molecule has 4 N–H and O–H groups in total. The minimum absolute atomic E-state index is 0.0207. The van der Waals surface area contributed by atoms with E-state index in [1.165, 1.54) is 7.11 Å². The van der Waals surface area contributed by atoms with Crippen molar-refractivity contribution in [2.45, 2.75) is 37.4 Å². The third-order valence-electron chi connectivity index (χ3n) is 5.23. The Morgan fingerprint density at radius 2 is 1.73 bits per heavy atom. The molecule has 9 nitrogen and oxygen atoms in total. The number of carboxylic acids is 1. The minimum atomic E-state index is -1.24. The van der Waals surface area contributed by atoms with Gasteiger partial charge in [0.15, 0.2) is 0 Å².